The van der Waals surface area contributed by atoms with E-state index in [1.807, 2.05) is 12.1 Å². The van der Waals surface area contributed by atoms with Crippen LogP contribution in [-0.2, 0) is 5.41 Å². The van der Waals surface area contributed by atoms with Crippen molar-refractivity contribution in [2.24, 2.45) is 0 Å². The zero-order chi connectivity index (χ0) is 43.2. The van der Waals surface area contributed by atoms with Gasteiger partial charge < -0.3 is 9.32 Å². The molecule has 1 aliphatic rings. The van der Waals surface area contributed by atoms with Crippen molar-refractivity contribution in [3.05, 3.63) is 236 Å². The molecule has 0 aliphatic heterocycles. The monoisotopic (exact) mass is 829 g/mol. The summed E-state index contributed by atoms with van der Waals surface area (Å²) in [5.74, 6) is 0. The van der Waals surface area contributed by atoms with Gasteiger partial charge in [0.25, 0.3) is 0 Å². The van der Waals surface area contributed by atoms with E-state index >= 15 is 0 Å². The highest BCUT2D eigenvalue weighted by Crippen LogP contribution is 2.51. The minimum Gasteiger partial charge on any atom is -0.455 e. The summed E-state index contributed by atoms with van der Waals surface area (Å²) in [6.07, 6.45) is 0. The molecule has 65 heavy (non-hydrogen) atoms. The third kappa shape index (κ3) is 5.88. The van der Waals surface area contributed by atoms with Gasteiger partial charge in [-0.2, -0.15) is 0 Å². The summed E-state index contributed by atoms with van der Waals surface area (Å²) in [6, 6.07) is 82.2. The number of para-hydroxylation sites is 2. The van der Waals surface area contributed by atoms with Crippen LogP contribution in [0.3, 0.4) is 0 Å². The summed E-state index contributed by atoms with van der Waals surface area (Å²) in [5.41, 5.74) is 17.4. The van der Waals surface area contributed by atoms with E-state index in [1.165, 1.54) is 76.8 Å². The minimum atomic E-state index is -0.121. The van der Waals surface area contributed by atoms with E-state index in [9.17, 15) is 0 Å². The van der Waals surface area contributed by atoms with Crippen molar-refractivity contribution in [3.63, 3.8) is 0 Å². The Morgan fingerprint density at radius 1 is 0.308 bits per heavy atom. The van der Waals surface area contributed by atoms with E-state index in [2.05, 4.69) is 231 Å². The van der Waals surface area contributed by atoms with E-state index in [0.717, 1.165) is 50.1 Å². The Morgan fingerprint density at radius 2 is 0.800 bits per heavy atom. The maximum Gasteiger partial charge on any atom is 0.143 e. The standard InChI is InChI=1S/C63H43NO/c1-63(2)59-23-9-7-19-54(59)55-36-34-47(39-60(55)63)64(46-32-27-41(28-33-46)48-21-12-22-57-56-20-8-10-24-61(56)65-62(48)57)45-30-25-40(26-31-45)42-13-11-14-43(37-42)44-29-35-53-51-17-4-3-15-49(51)50-16-5-6-18-52(50)58(53)38-44/h3-39H,1-2H3. The van der Waals surface area contributed by atoms with Crippen LogP contribution in [-0.4, -0.2) is 0 Å². The molecule has 2 heteroatoms. The molecule has 1 aliphatic carbocycles. The van der Waals surface area contributed by atoms with Gasteiger partial charge in [0.2, 0.25) is 0 Å². The van der Waals surface area contributed by atoms with Gasteiger partial charge in [-0.3, -0.25) is 0 Å². The lowest BCUT2D eigenvalue weighted by Gasteiger charge is -2.28. The maximum atomic E-state index is 6.46. The molecule has 0 N–H and O–H groups in total. The molecule has 0 atom stereocenters. The Balaban J connectivity index is 0.890. The van der Waals surface area contributed by atoms with Crippen LogP contribution >= 0.6 is 0 Å². The van der Waals surface area contributed by atoms with E-state index < -0.39 is 0 Å². The molecule has 0 saturated heterocycles. The van der Waals surface area contributed by atoms with Crippen molar-refractivity contribution in [2.75, 3.05) is 4.90 Å². The summed E-state index contributed by atoms with van der Waals surface area (Å²) in [7, 11) is 0. The van der Waals surface area contributed by atoms with Crippen LogP contribution in [0.4, 0.5) is 17.1 Å². The average Bonchev–Trinajstić information content (AvgIpc) is 3.86. The molecular formula is C63H43NO. The summed E-state index contributed by atoms with van der Waals surface area (Å²) >= 11 is 0. The lowest BCUT2D eigenvalue weighted by Crippen LogP contribution is -2.16. The van der Waals surface area contributed by atoms with Crippen LogP contribution in [0.25, 0.3) is 98.8 Å². The number of nitrogens with zero attached hydrogens (tertiary/aromatic N) is 1. The molecule has 1 heterocycles. The molecule has 0 saturated carbocycles. The van der Waals surface area contributed by atoms with Crippen LogP contribution in [0, 0.1) is 0 Å². The fourth-order valence-electron chi connectivity index (χ4n) is 10.8. The predicted octanol–water partition coefficient (Wildman–Crippen LogP) is 17.8. The van der Waals surface area contributed by atoms with Crippen molar-refractivity contribution >= 4 is 71.3 Å². The largest absolute Gasteiger partial charge is 0.455 e. The molecule has 11 aromatic carbocycles. The second-order valence-electron chi connectivity index (χ2n) is 18.0. The van der Waals surface area contributed by atoms with Crippen LogP contribution in [0.1, 0.15) is 25.0 Å². The Hall–Kier alpha value is -8.20. The first-order chi connectivity index (χ1) is 32.0. The number of rotatable bonds is 6. The fourth-order valence-corrected chi connectivity index (χ4v) is 10.8. The van der Waals surface area contributed by atoms with Crippen LogP contribution in [0.15, 0.2) is 229 Å². The summed E-state index contributed by atoms with van der Waals surface area (Å²) < 4.78 is 6.46. The highest BCUT2D eigenvalue weighted by Gasteiger charge is 2.35. The fraction of sp³-hybridized carbons (Fsp3) is 0.0476. The third-order valence-corrected chi connectivity index (χ3v) is 14.1. The van der Waals surface area contributed by atoms with Gasteiger partial charge in [0, 0.05) is 38.8 Å². The molecule has 0 amide bonds. The van der Waals surface area contributed by atoms with E-state index in [-0.39, 0.29) is 5.41 Å². The molecule has 0 fully saturated rings. The second kappa shape index (κ2) is 14.4. The number of fused-ring (bicyclic) bond motifs is 12. The molecule has 0 bridgehead atoms. The quantitative estimate of drug-likeness (QED) is 0.155. The lowest BCUT2D eigenvalue weighted by atomic mass is 9.82. The lowest BCUT2D eigenvalue weighted by molar-refractivity contribution is 0.660. The molecule has 13 rings (SSSR count). The third-order valence-electron chi connectivity index (χ3n) is 14.1. The van der Waals surface area contributed by atoms with Crippen molar-refractivity contribution in [1.29, 1.82) is 0 Å². The van der Waals surface area contributed by atoms with Gasteiger partial charge in [-0.05, 0) is 137 Å². The van der Waals surface area contributed by atoms with Gasteiger partial charge in [0.05, 0.1) is 0 Å². The maximum absolute atomic E-state index is 6.46. The first-order valence-corrected chi connectivity index (χ1v) is 22.6. The number of hydrogen-bond acceptors (Lipinski definition) is 2. The Kier molecular flexibility index (Phi) is 8.29. The number of hydrogen-bond donors (Lipinski definition) is 0. The molecule has 0 radical (unpaired) electrons. The SMILES string of the molecule is CC1(C)c2ccccc2-c2ccc(N(c3ccc(-c4cccc(-c5ccc6c7ccccc7c7ccccc7c6c5)c4)cc3)c3ccc(-c4cccc5c4oc4ccccc45)cc3)cc21. The van der Waals surface area contributed by atoms with Crippen molar-refractivity contribution < 1.29 is 4.42 Å². The van der Waals surface area contributed by atoms with E-state index in [0.29, 0.717) is 0 Å². The molecule has 2 nitrogen and oxygen atoms in total. The van der Waals surface area contributed by atoms with Crippen molar-refractivity contribution in [3.8, 4) is 44.5 Å². The van der Waals surface area contributed by atoms with Crippen LogP contribution < -0.4 is 4.90 Å². The number of furan rings is 1. The van der Waals surface area contributed by atoms with Crippen LogP contribution in [0.5, 0.6) is 0 Å². The van der Waals surface area contributed by atoms with E-state index in [4.69, 9.17) is 4.42 Å². The van der Waals surface area contributed by atoms with Gasteiger partial charge in [0.1, 0.15) is 11.2 Å². The van der Waals surface area contributed by atoms with Gasteiger partial charge in [-0.15, -0.1) is 0 Å². The first-order valence-electron chi connectivity index (χ1n) is 22.6. The number of anilines is 3. The molecule has 1 aromatic heterocycles. The van der Waals surface area contributed by atoms with Gasteiger partial charge in [-0.1, -0.05) is 184 Å². The van der Waals surface area contributed by atoms with Gasteiger partial charge in [0.15, 0.2) is 0 Å². The molecule has 0 unspecified atom stereocenters. The Labute approximate surface area is 378 Å². The highest BCUT2D eigenvalue weighted by atomic mass is 16.3. The summed E-state index contributed by atoms with van der Waals surface area (Å²) in [5, 5.41) is 10.0. The zero-order valence-electron chi connectivity index (χ0n) is 36.2. The molecule has 0 spiro atoms. The average molecular weight is 830 g/mol. The van der Waals surface area contributed by atoms with Crippen molar-refractivity contribution in [2.45, 2.75) is 19.3 Å². The van der Waals surface area contributed by atoms with E-state index in [1.54, 1.807) is 0 Å². The zero-order valence-corrected chi connectivity index (χ0v) is 36.2. The summed E-state index contributed by atoms with van der Waals surface area (Å²) in [4.78, 5) is 2.40. The molecule has 306 valence electrons. The minimum absolute atomic E-state index is 0.121. The van der Waals surface area contributed by atoms with Crippen molar-refractivity contribution in [1.82, 2.24) is 0 Å². The smallest absolute Gasteiger partial charge is 0.143 e. The van der Waals surface area contributed by atoms with Crippen LogP contribution in [0.2, 0.25) is 0 Å². The second-order valence-corrected chi connectivity index (χ2v) is 18.0. The molecular weight excluding hydrogens is 787 g/mol. The normalized spacial score (nSPS) is 12.9. The van der Waals surface area contributed by atoms with Gasteiger partial charge in [-0.25, -0.2) is 0 Å². The number of benzene rings is 11. The topological polar surface area (TPSA) is 16.4 Å². The Morgan fingerprint density at radius 3 is 1.52 bits per heavy atom. The molecule has 12 aromatic rings. The van der Waals surface area contributed by atoms with Gasteiger partial charge >= 0.3 is 0 Å². The first kappa shape index (κ1) is 37.4. The Bertz CT molecular complexity index is 3820. The summed E-state index contributed by atoms with van der Waals surface area (Å²) in [6.45, 7) is 4.70. The predicted molar refractivity (Wildman–Crippen MR) is 275 cm³/mol. The highest BCUT2D eigenvalue weighted by molar-refractivity contribution is 6.25.